The lowest BCUT2D eigenvalue weighted by molar-refractivity contribution is 0.0956. The molecule has 140 valence electrons. The Morgan fingerprint density at radius 3 is 2.40 bits per heavy atom. The summed E-state index contributed by atoms with van der Waals surface area (Å²) in [5, 5.41) is 3.69. The molecule has 1 N–H and O–H groups in total. The van der Waals surface area contributed by atoms with Gasteiger partial charge in [-0.05, 0) is 44.0 Å². The van der Waals surface area contributed by atoms with E-state index in [0.717, 1.165) is 11.0 Å². The second-order valence-corrected chi connectivity index (χ2v) is 9.68. The van der Waals surface area contributed by atoms with Crippen molar-refractivity contribution >= 4 is 33.4 Å². The van der Waals surface area contributed by atoms with Crippen LogP contribution < -0.4 is 9.62 Å². The Hall–Kier alpha value is -1.21. The number of amides is 1. The molecule has 0 aromatic heterocycles. The molecule has 1 amide bonds. The summed E-state index contributed by atoms with van der Waals surface area (Å²) in [6, 6.07) is 6.70. The molecule has 2 rings (SSSR count). The number of hydrogen-bond donors (Lipinski definition) is 1. The third kappa shape index (κ3) is 6.22. The van der Waals surface area contributed by atoms with E-state index in [-0.39, 0.29) is 5.91 Å². The maximum Gasteiger partial charge on any atom is 0.251 e. The molecule has 5 nitrogen and oxygen atoms in total. The van der Waals surface area contributed by atoms with Gasteiger partial charge in [0.1, 0.15) is 0 Å². The van der Waals surface area contributed by atoms with E-state index in [1.807, 2.05) is 11.8 Å². The van der Waals surface area contributed by atoms with Gasteiger partial charge in [0.2, 0.25) is 10.0 Å². The molecule has 1 aliphatic carbocycles. The number of thioether (sulfide) groups is 1. The van der Waals surface area contributed by atoms with Crippen LogP contribution in [-0.2, 0) is 10.0 Å². The molecule has 0 unspecified atom stereocenters. The van der Waals surface area contributed by atoms with Gasteiger partial charge < -0.3 is 5.32 Å². The van der Waals surface area contributed by atoms with E-state index in [1.165, 1.54) is 42.7 Å². The Morgan fingerprint density at radius 1 is 1.20 bits per heavy atom. The topological polar surface area (TPSA) is 66.5 Å². The SMILES string of the molecule is CCN(c1ccc(C(=O)NCCSC2CCCCC2)cc1)S(C)(=O)=O. The third-order valence-electron chi connectivity index (χ3n) is 4.40. The van der Waals surface area contributed by atoms with Crippen molar-refractivity contribution in [3.63, 3.8) is 0 Å². The predicted molar refractivity (Wildman–Crippen MR) is 106 cm³/mol. The van der Waals surface area contributed by atoms with Gasteiger partial charge in [-0.25, -0.2) is 8.42 Å². The standard InChI is InChI=1S/C18H28N2O3S2/c1-3-20(25(2,22)23)16-11-9-15(10-12-16)18(21)19-13-14-24-17-7-5-4-6-8-17/h9-12,17H,3-8,13-14H2,1-2H3,(H,19,21). The largest absolute Gasteiger partial charge is 0.351 e. The molecule has 1 aromatic rings. The fraction of sp³-hybridized carbons (Fsp3) is 0.611. The van der Waals surface area contributed by atoms with E-state index in [0.29, 0.717) is 24.3 Å². The molecular weight excluding hydrogens is 356 g/mol. The van der Waals surface area contributed by atoms with Crippen molar-refractivity contribution < 1.29 is 13.2 Å². The lowest BCUT2D eigenvalue weighted by Crippen LogP contribution is -2.29. The normalized spacial score (nSPS) is 15.8. The average molecular weight is 385 g/mol. The van der Waals surface area contributed by atoms with Crippen molar-refractivity contribution in [3.8, 4) is 0 Å². The maximum absolute atomic E-state index is 12.2. The predicted octanol–water partition coefficient (Wildman–Crippen LogP) is 3.27. The Morgan fingerprint density at radius 2 is 1.84 bits per heavy atom. The molecule has 0 bridgehead atoms. The molecule has 7 heteroatoms. The molecule has 1 saturated carbocycles. The zero-order valence-electron chi connectivity index (χ0n) is 15.0. The monoisotopic (exact) mass is 384 g/mol. The lowest BCUT2D eigenvalue weighted by Gasteiger charge is -2.21. The zero-order chi connectivity index (χ0) is 18.3. The van der Waals surface area contributed by atoms with Crippen LogP contribution in [0, 0.1) is 0 Å². The summed E-state index contributed by atoms with van der Waals surface area (Å²) in [4.78, 5) is 12.2. The van der Waals surface area contributed by atoms with E-state index in [2.05, 4.69) is 5.32 Å². The van der Waals surface area contributed by atoms with E-state index >= 15 is 0 Å². The fourth-order valence-corrected chi connectivity index (χ4v) is 5.31. The van der Waals surface area contributed by atoms with Gasteiger partial charge in [-0.15, -0.1) is 0 Å². The first-order chi connectivity index (χ1) is 11.9. The summed E-state index contributed by atoms with van der Waals surface area (Å²) in [5.41, 5.74) is 1.13. The van der Waals surface area contributed by atoms with E-state index < -0.39 is 10.0 Å². The van der Waals surface area contributed by atoms with Gasteiger partial charge in [0.15, 0.2) is 0 Å². The molecule has 0 heterocycles. The second-order valence-electron chi connectivity index (χ2n) is 6.36. The smallest absolute Gasteiger partial charge is 0.251 e. The van der Waals surface area contributed by atoms with Gasteiger partial charge >= 0.3 is 0 Å². The number of carbonyl (C=O) groups excluding carboxylic acids is 1. The molecule has 25 heavy (non-hydrogen) atoms. The van der Waals surface area contributed by atoms with Crippen LogP contribution in [0.1, 0.15) is 49.4 Å². The summed E-state index contributed by atoms with van der Waals surface area (Å²) in [7, 11) is -3.30. The average Bonchev–Trinajstić information content (AvgIpc) is 2.59. The van der Waals surface area contributed by atoms with Crippen molar-refractivity contribution in [2.24, 2.45) is 0 Å². The van der Waals surface area contributed by atoms with Gasteiger partial charge in [0.05, 0.1) is 11.9 Å². The quantitative estimate of drug-likeness (QED) is 0.699. The fourth-order valence-electron chi connectivity index (χ4n) is 3.11. The Kier molecular flexibility index (Phi) is 7.62. The number of rotatable bonds is 8. The van der Waals surface area contributed by atoms with Crippen molar-refractivity contribution in [3.05, 3.63) is 29.8 Å². The highest BCUT2D eigenvalue weighted by Gasteiger charge is 2.16. The number of nitrogens with zero attached hydrogens (tertiary/aromatic N) is 1. The number of hydrogen-bond acceptors (Lipinski definition) is 4. The molecule has 1 fully saturated rings. The highest BCUT2D eigenvalue weighted by molar-refractivity contribution is 7.99. The summed E-state index contributed by atoms with van der Waals surface area (Å²) in [5.74, 6) is 0.824. The highest BCUT2D eigenvalue weighted by Crippen LogP contribution is 2.27. The van der Waals surface area contributed by atoms with Gasteiger partial charge in [0.25, 0.3) is 5.91 Å². The molecule has 1 aromatic carbocycles. The number of carbonyl (C=O) groups is 1. The first-order valence-electron chi connectivity index (χ1n) is 8.89. The first-order valence-corrected chi connectivity index (χ1v) is 11.8. The highest BCUT2D eigenvalue weighted by atomic mass is 32.2. The van der Waals surface area contributed by atoms with Gasteiger partial charge in [-0.1, -0.05) is 19.3 Å². The first kappa shape index (κ1) is 20.1. The van der Waals surface area contributed by atoms with Crippen LogP contribution in [0.4, 0.5) is 5.69 Å². The van der Waals surface area contributed by atoms with Crippen molar-refractivity contribution in [1.29, 1.82) is 0 Å². The van der Waals surface area contributed by atoms with E-state index in [1.54, 1.807) is 31.2 Å². The van der Waals surface area contributed by atoms with Crippen molar-refractivity contribution in [1.82, 2.24) is 5.32 Å². The van der Waals surface area contributed by atoms with Crippen LogP contribution in [-0.4, -0.2) is 44.7 Å². The molecular formula is C18H28N2O3S2. The minimum absolute atomic E-state index is 0.113. The Balaban J connectivity index is 1.81. The Labute approximate surface area is 155 Å². The molecule has 1 aliphatic rings. The van der Waals surface area contributed by atoms with Crippen LogP contribution in [0.2, 0.25) is 0 Å². The van der Waals surface area contributed by atoms with Crippen molar-refractivity contribution in [2.75, 3.05) is 29.4 Å². The van der Waals surface area contributed by atoms with Crippen LogP contribution in [0.3, 0.4) is 0 Å². The second kappa shape index (κ2) is 9.48. The van der Waals surface area contributed by atoms with Crippen LogP contribution in [0.5, 0.6) is 0 Å². The minimum atomic E-state index is -3.30. The number of anilines is 1. The Bertz CT molecular complexity index is 653. The molecule has 0 atom stereocenters. The van der Waals surface area contributed by atoms with Crippen molar-refractivity contribution in [2.45, 2.75) is 44.3 Å². The van der Waals surface area contributed by atoms with E-state index in [4.69, 9.17) is 0 Å². The summed E-state index contributed by atoms with van der Waals surface area (Å²) in [6.45, 7) is 2.81. The van der Waals surface area contributed by atoms with Crippen LogP contribution in [0.15, 0.2) is 24.3 Å². The van der Waals surface area contributed by atoms with Crippen LogP contribution >= 0.6 is 11.8 Å². The van der Waals surface area contributed by atoms with Gasteiger partial charge in [-0.3, -0.25) is 9.10 Å². The molecule has 0 saturated heterocycles. The van der Waals surface area contributed by atoms with E-state index in [9.17, 15) is 13.2 Å². The number of nitrogens with one attached hydrogen (secondary N) is 1. The lowest BCUT2D eigenvalue weighted by atomic mass is 10.0. The minimum Gasteiger partial charge on any atom is -0.351 e. The molecule has 0 radical (unpaired) electrons. The summed E-state index contributed by atoms with van der Waals surface area (Å²) >= 11 is 1.96. The van der Waals surface area contributed by atoms with Gasteiger partial charge in [-0.2, -0.15) is 11.8 Å². The van der Waals surface area contributed by atoms with Gasteiger partial charge in [0, 0.05) is 29.7 Å². The summed E-state index contributed by atoms with van der Waals surface area (Å²) in [6.07, 6.45) is 7.81. The molecule has 0 aliphatic heterocycles. The third-order valence-corrected chi connectivity index (χ3v) is 7.05. The molecule has 0 spiro atoms. The number of sulfonamides is 1. The summed E-state index contributed by atoms with van der Waals surface area (Å²) < 4.78 is 24.8. The maximum atomic E-state index is 12.2. The zero-order valence-corrected chi connectivity index (χ0v) is 16.7. The van der Waals surface area contributed by atoms with Crippen LogP contribution in [0.25, 0.3) is 0 Å². The number of benzene rings is 1.